The van der Waals surface area contributed by atoms with Gasteiger partial charge in [-0.05, 0) is 18.2 Å². The van der Waals surface area contributed by atoms with Crippen LogP contribution in [0.1, 0.15) is 0 Å². The number of methoxy groups -OCH3 is 1. The van der Waals surface area contributed by atoms with Crippen molar-refractivity contribution in [3.63, 3.8) is 0 Å². The van der Waals surface area contributed by atoms with Gasteiger partial charge in [-0.1, -0.05) is 6.07 Å². The molecule has 82 valence electrons. The fraction of sp³-hybridized carbons (Fsp3) is 0.0909. The van der Waals surface area contributed by atoms with E-state index in [1.165, 1.54) is 19.4 Å². The normalized spacial score (nSPS) is 10.1. The summed E-state index contributed by atoms with van der Waals surface area (Å²) >= 11 is 0. The number of nitrogens with zero attached hydrogens (tertiary/aromatic N) is 2. The summed E-state index contributed by atoms with van der Waals surface area (Å²) < 4.78 is 17.8. The summed E-state index contributed by atoms with van der Waals surface area (Å²) in [5.41, 5.74) is 7.23. The smallest absolute Gasteiger partial charge is 0.236 e. The van der Waals surface area contributed by atoms with Gasteiger partial charge in [0.2, 0.25) is 11.8 Å². The van der Waals surface area contributed by atoms with Crippen LogP contribution in [0.25, 0.3) is 11.3 Å². The van der Waals surface area contributed by atoms with Crippen molar-refractivity contribution in [1.82, 2.24) is 9.97 Å². The summed E-state index contributed by atoms with van der Waals surface area (Å²) in [6.07, 6.45) is 1.54. The Morgan fingerprint density at radius 3 is 2.81 bits per heavy atom. The number of pyridine rings is 2. The number of anilines is 1. The zero-order valence-corrected chi connectivity index (χ0v) is 8.64. The van der Waals surface area contributed by atoms with E-state index in [-0.39, 0.29) is 0 Å². The third-order valence-corrected chi connectivity index (χ3v) is 2.08. The van der Waals surface area contributed by atoms with Crippen LogP contribution < -0.4 is 10.5 Å². The Balaban J connectivity index is 2.45. The van der Waals surface area contributed by atoms with Gasteiger partial charge < -0.3 is 10.5 Å². The van der Waals surface area contributed by atoms with Crippen LogP contribution in [0.3, 0.4) is 0 Å². The van der Waals surface area contributed by atoms with Gasteiger partial charge in [0.15, 0.2) is 0 Å². The molecule has 0 aliphatic rings. The number of halogens is 1. The van der Waals surface area contributed by atoms with Gasteiger partial charge in [-0.3, -0.25) is 0 Å². The molecule has 0 unspecified atom stereocenters. The Morgan fingerprint density at radius 2 is 2.19 bits per heavy atom. The Kier molecular flexibility index (Phi) is 2.68. The molecule has 0 spiro atoms. The largest absolute Gasteiger partial charge is 0.480 e. The third-order valence-electron chi connectivity index (χ3n) is 2.08. The lowest BCUT2D eigenvalue weighted by molar-refractivity contribution is 0.400. The second kappa shape index (κ2) is 4.14. The molecule has 2 aromatic heterocycles. The molecular formula is C11H10FN3O. The minimum absolute atomic E-state index is 0.347. The van der Waals surface area contributed by atoms with Gasteiger partial charge in [0, 0.05) is 11.8 Å². The second-order valence-corrected chi connectivity index (χ2v) is 3.17. The van der Waals surface area contributed by atoms with Crippen molar-refractivity contribution in [2.75, 3.05) is 12.8 Å². The van der Waals surface area contributed by atoms with Crippen molar-refractivity contribution in [3.05, 3.63) is 36.4 Å². The van der Waals surface area contributed by atoms with Crippen LogP contribution in [-0.2, 0) is 0 Å². The van der Waals surface area contributed by atoms with Crippen molar-refractivity contribution in [1.29, 1.82) is 0 Å². The molecule has 0 amide bonds. The van der Waals surface area contributed by atoms with Crippen molar-refractivity contribution in [3.8, 4) is 17.1 Å². The third kappa shape index (κ3) is 1.93. The highest BCUT2D eigenvalue weighted by Crippen LogP contribution is 2.24. The minimum Gasteiger partial charge on any atom is -0.480 e. The SMILES string of the molecule is COc1ncc(-c2cccc(F)n2)cc1N. The van der Waals surface area contributed by atoms with E-state index in [2.05, 4.69) is 9.97 Å². The Labute approximate surface area is 91.9 Å². The quantitative estimate of drug-likeness (QED) is 0.783. The first kappa shape index (κ1) is 10.4. The van der Waals surface area contributed by atoms with Gasteiger partial charge in [-0.15, -0.1) is 0 Å². The number of ether oxygens (including phenoxy) is 1. The predicted octanol–water partition coefficient (Wildman–Crippen LogP) is 1.87. The number of hydrogen-bond donors (Lipinski definition) is 1. The molecule has 4 nitrogen and oxygen atoms in total. The summed E-state index contributed by atoms with van der Waals surface area (Å²) in [5, 5.41) is 0. The van der Waals surface area contributed by atoms with Gasteiger partial charge in [0.1, 0.15) is 0 Å². The van der Waals surface area contributed by atoms with Crippen molar-refractivity contribution in [2.24, 2.45) is 0 Å². The van der Waals surface area contributed by atoms with E-state index in [1.54, 1.807) is 18.2 Å². The highest BCUT2D eigenvalue weighted by molar-refractivity contribution is 5.65. The van der Waals surface area contributed by atoms with Gasteiger partial charge in [-0.25, -0.2) is 9.97 Å². The molecule has 0 aliphatic carbocycles. The highest BCUT2D eigenvalue weighted by Gasteiger charge is 2.05. The van der Waals surface area contributed by atoms with Gasteiger partial charge in [0.05, 0.1) is 18.5 Å². The zero-order valence-electron chi connectivity index (χ0n) is 8.64. The molecule has 0 atom stereocenters. The number of hydrogen-bond acceptors (Lipinski definition) is 4. The van der Waals surface area contributed by atoms with E-state index in [0.717, 1.165) is 0 Å². The Morgan fingerprint density at radius 1 is 1.38 bits per heavy atom. The van der Waals surface area contributed by atoms with Crippen LogP contribution >= 0.6 is 0 Å². The number of rotatable bonds is 2. The maximum Gasteiger partial charge on any atom is 0.236 e. The molecule has 0 radical (unpaired) electrons. The fourth-order valence-electron chi connectivity index (χ4n) is 1.35. The maximum atomic E-state index is 12.9. The molecule has 0 fully saturated rings. The summed E-state index contributed by atoms with van der Waals surface area (Å²) in [6.45, 7) is 0. The first-order valence-corrected chi connectivity index (χ1v) is 4.63. The fourth-order valence-corrected chi connectivity index (χ4v) is 1.35. The van der Waals surface area contributed by atoms with Gasteiger partial charge in [0.25, 0.3) is 0 Å². The van der Waals surface area contributed by atoms with E-state index in [0.29, 0.717) is 22.8 Å². The molecule has 0 aromatic carbocycles. The molecule has 0 bridgehead atoms. The van der Waals surface area contributed by atoms with Crippen molar-refractivity contribution >= 4 is 5.69 Å². The molecule has 0 saturated carbocycles. The maximum absolute atomic E-state index is 12.9. The van der Waals surface area contributed by atoms with E-state index >= 15 is 0 Å². The number of aromatic nitrogens is 2. The lowest BCUT2D eigenvalue weighted by Gasteiger charge is -2.05. The molecule has 0 aliphatic heterocycles. The van der Waals surface area contributed by atoms with Crippen LogP contribution in [0.4, 0.5) is 10.1 Å². The first-order chi connectivity index (χ1) is 7.70. The van der Waals surface area contributed by atoms with Crippen LogP contribution in [-0.4, -0.2) is 17.1 Å². The average Bonchev–Trinajstić information content (AvgIpc) is 2.29. The van der Waals surface area contributed by atoms with Crippen LogP contribution in [0.15, 0.2) is 30.5 Å². The number of nitrogens with two attached hydrogens (primary N) is 1. The van der Waals surface area contributed by atoms with Gasteiger partial charge >= 0.3 is 0 Å². The van der Waals surface area contributed by atoms with E-state index in [1.807, 2.05) is 0 Å². The monoisotopic (exact) mass is 219 g/mol. The molecule has 2 rings (SSSR count). The first-order valence-electron chi connectivity index (χ1n) is 4.63. The molecule has 16 heavy (non-hydrogen) atoms. The van der Waals surface area contributed by atoms with Crippen molar-refractivity contribution in [2.45, 2.75) is 0 Å². The molecule has 2 aromatic rings. The predicted molar refractivity (Wildman–Crippen MR) is 58.4 cm³/mol. The average molecular weight is 219 g/mol. The molecule has 5 heteroatoms. The molecule has 2 heterocycles. The van der Waals surface area contributed by atoms with Crippen LogP contribution in [0.2, 0.25) is 0 Å². The van der Waals surface area contributed by atoms with E-state index < -0.39 is 5.95 Å². The topological polar surface area (TPSA) is 61.0 Å². The summed E-state index contributed by atoms with van der Waals surface area (Å²) in [6, 6.07) is 6.20. The van der Waals surface area contributed by atoms with E-state index in [9.17, 15) is 4.39 Å². The van der Waals surface area contributed by atoms with Crippen LogP contribution in [0, 0.1) is 5.95 Å². The summed E-state index contributed by atoms with van der Waals surface area (Å²) in [7, 11) is 1.48. The van der Waals surface area contributed by atoms with Gasteiger partial charge in [-0.2, -0.15) is 4.39 Å². The summed E-state index contributed by atoms with van der Waals surface area (Å²) in [4.78, 5) is 7.73. The minimum atomic E-state index is -0.535. The number of nitrogen functional groups attached to an aromatic ring is 1. The zero-order chi connectivity index (χ0) is 11.5. The van der Waals surface area contributed by atoms with E-state index in [4.69, 9.17) is 10.5 Å². The standard InChI is InChI=1S/C11H10FN3O/c1-16-11-8(13)5-7(6-14-11)9-3-2-4-10(12)15-9/h2-6H,13H2,1H3. The Bertz CT molecular complexity index is 516. The lowest BCUT2D eigenvalue weighted by Crippen LogP contribution is -1.96. The second-order valence-electron chi connectivity index (χ2n) is 3.17. The molecule has 2 N–H and O–H groups in total. The highest BCUT2D eigenvalue weighted by atomic mass is 19.1. The van der Waals surface area contributed by atoms with Crippen molar-refractivity contribution < 1.29 is 9.13 Å². The molecule has 0 saturated heterocycles. The molecular weight excluding hydrogens is 209 g/mol. The Hall–Kier alpha value is -2.17. The summed E-state index contributed by atoms with van der Waals surface area (Å²) in [5.74, 6) is -0.188. The lowest BCUT2D eigenvalue weighted by atomic mass is 10.2. The van der Waals surface area contributed by atoms with Crippen LogP contribution in [0.5, 0.6) is 5.88 Å².